The molecule has 2 aliphatic heterocycles. The number of nitrogens with zero attached hydrogens (tertiary/aromatic N) is 3. The zero-order valence-electron chi connectivity index (χ0n) is 16.1. The Morgan fingerprint density at radius 2 is 1.93 bits per heavy atom. The Labute approximate surface area is 163 Å². The van der Waals surface area contributed by atoms with Gasteiger partial charge in [-0.2, -0.15) is 0 Å². The molecule has 0 radical (unpaired) electrons. The van der Waals surface area contributed by atoms with Crippen LogP contribution in [0.15, 0.2) is 24.4 Å². The van der Waals surface area contributed by atoms with Crippen LogP contribution in [0.25, 0.3) is 0 Å². The minimum Gasteiger partial charge on any atom is -0.479 e. The number of carboxylic acids is 1. The van der Waals surface area contributed by atoms with Crippen LogP contribution in [-0.2, 0) is 19.1 Å². The molecule has 2 fully saturated rings. The molecule has 2 amide bonds. The van der Waals surface area contributed by atoms with Crippen LogP contribution in [0.4, 0.5) is 5.82 Å². The number of aliphatic carboxylic acids is 1. The zero-order valence-corrected chi connectivity index (χ0v) is 16.1. The number of epoxide rings is 1. The highest BCUT2D eigenvalue weighted by Gasteiger charge is 2.51. The van der Waals surface area contributed by atoms with Gasteiger partial charge in [0.05, 0.1) is 0 Å². The highest BCUT2D eigenvalue weighted by molar-refractivity contribution is 5.95. The van der Waals surface area contributed by atoms with Crippen LogP contribution in [0.3, 0.4) is 0 Å². The first-order chi connectivity index (χ1) is 13.4. The van der Waals surface area contributed by atoms with Crippen molar-refractivity contribution in [2.45, 2.75) is 38.5 Å². The summed E-state index contributed by atoms with van der Waals surface area (Å²) in [5, 5.41) is 11.6. The number of amides is 2. The molecule has 0 aromatic carbocycles. The summed E-state index contributed by atoms with van der Waals surface area (Å²) in [7, 11) is 0. The summed E-state index contributed by atoms with van der Waals surface area (Å²) in [6.45, 7) is 6.35. The Morgan fingerprint density at radius 1 is 1.21 bits per heavy atom. The number of nitrogens with one attached hydrogen (secondary N) is 1. The summed E-state index contributed by atoms with van der Waals surface area (Å²) in [5.41, 5.74) is 0. The summed E-state index contributed by atoms with van der Waals surface area (Å²) in [6.07, 6.45) is 0.0960. The van der Waals surface area contributed by atoms with Crippen LogP contribution in [0.1, 0.15) is 20.3 Å². The number of hydrogen-bond acceptors (Lipinski definition) is 6. The smallest absolute Gasteiger partial charge is 0.336 e. The number of carbonyl (C=O) groups is 3. The summed E-state index contributed by atoms with van der Waals surface area (Å²) in [5.74, 6) is -0.780. The van der Waals surface area contributed by atoms with E-state index in [2.05, 4.69) is 15.2 Å². The van der Waals surface area contributed by atoms with Crippen molar-refractivity contribution in [2.24, 2.45) is 5.92 Å². The molecule has 152 valence electrons. The lowest BCUT2D eigenvalue weighted by molar-refractivity contribution is -0.138. The van der Waals surface area contributed by atoms with E-state index < -0.39 is 30.1 Å². The Morgan fingerprint density at radius 3 is 2.46 bits per heavy atom. The van der Waals surface area contributed by atoms with Crippen molar-refractivity contribution in [1.29, 1.82) is 0 Å². The van der Waals surface area contributed by atoms with E-state index in [1.165, 1.54) is 0 Å². The molecule has 0 bridgehead atoms. The predicted octanol–water partition coefficient (Wildman–Crippen LogP) is 0.113. The van der Waals surface area contributed by atoms with Gasteiger partial charge in [-0.3, -0.25) is 9.59 Å². The van der Waals surface area contributed by atoms with Gasteiger partial charge < -0.3 is 25.0 Å². The van der Waals surface area contributed by atoms with Gasteiger partial charge in [-0.1, -0.05) is 19.9 Å². The third-order valence-electron chi connectivity index (χ3n) is 4.88. The maximum absolute atomic E-state index is 13.0. The summed E-state index contributed by atoms with van der Waals surface area (Å²) >= 11 is 0. The van der Waals surface area contributed by atoms with Gasteiger partial charge in [-0.15, -0.1) is 0 Å². The second kappa shape index (κ2) is 8.55. The van der Waals surface area contributed by atoms with Gasteiger partial charge in [-0.25, -0.2) is 9.78 Å². The monoisotopic (exact) mass is 390 g/mol. The van der Waals surface area contributed by atoms with Gasteiger partial charge >= 0.3 is 5.97 Å². The molecule has 9 heteroatoms. The molecule has 2 aliphatic rings. The van der Waals surface area contributed by atoms with E-state index >= 15 is 0 Å². The molecular formula is C19H26N4O5. The molecular weight excluding hydrogens is 364 g/mol. The van der Waals surface area contributed by atoms with Crippen LogP contribution >= 0.6 is 0 Å². The third kappa shape index (κ3) is 4.78. The molecule has 2 saturated heterocycles. The first kappa shape index (κ1) is 20.1. The highest BCUT2D eigenvalue weighted by Crippen LogP contribution is 2.23. The number of hydrogen-bond donors (Lipinski definition) is 2. The summed E-state index contributed by atoms with van der Waals surface area (Å²) < 4.78 is 4.88. The minimum absolute atomic E-state index is 0.143. The SMILES string of the molecule is CC(C)CC(NC(=O)C1OC1C(=O)O)C(=O)N1CCN(c2ccccn2)CC1. The minimum atomic E-state index is -1.17. The fraction of sp³-hybridized carbons (Fsp3) is 0.579. The molecule has 0 aliphatic carbocycles. The van der Waals surface area contributed by atoms with E-state index in [4.69, 9.17) is 9.84 Å². The number of aromatic nitrogens is 1. The van der Waals surface area contributed by atoms with Crippen molar-refractivity contribution >= 4 is 23.6 Å². The lowest BCUT2D eigenvalue weighted by Gasteiger charge is -2.37. The average molecular weight is 390 g/mol. The van der Waals surface area contributed by atoms with E-state index in [9.17, 15) is 14.4 Å². The van der Waals surface area contributed by atoms with Gasteiger partial charge in [0.2, 0.25) is 5.91 Å². The Bertz CT molecular complexity index is 718. The van der Waals surface area contributed by atoms with Crippen LogP contribution in [0, 0.1) is 5.92 Å². The molecule has 3 heterocycles. The fourth-order valence-corrected chi connectivity index (χ4v) is 3.36. The number of anilines is 1. The van der Waals surface area contributed by atoms with Crippen molar-refractivity contribution in [2.75, 3.05) is 31.1 Å². The third-order valence-corrected chi connectivity index (χ3v) is 4.88. The number of carboxylic acid groups (broad SMARTS) is 1. The second-order valence-electron chi connectivity index (χ2n) is 7.51. The second-order valence-corrected chi connectivity index (χ2v) is 7.51. The Kier molecular flexibility index (Phi) is 6.13. The van der Waals surface area contributed by atoms with Gasteiger partial charge in [0.15, 0.2) is 12.2 Å². The Balaban J connectivity index is 1.57. The summed E-state index contributed by atoms with van der Waals surface area (Å²) in [4.78, 5) is 44.3. The molecule has 28 heavy (non-hydrogen) atoms. The largest absolute Gasteiger partial charge is 0.479 e. The van der Waals surface area contributed by atoms with Gasteiger partial charge in [0, 0.05) is 32.4 Å². The van der Waals surface area contributed by atoms with Gasteiger partial charge in [0.25, 0.3) is 5.91 Å². The fourth-order valence-electron chi connectivity index (χ4n) is 3.36. The normalized spacial score (nSPS) is 22.7. The molecule has 3 unspecified atom stereocenters. The quantitative estimate of drug-likeness (QED) is 0.635. The zero-order chi connectivity index (χ0) is 20.3. The predicted molar refractivity (Wildman–Crippen MR) is 101 cm³/mol. The first-order valence-corrected chi connectivity index (χ1v) is 9.50. The molecule has 9 nitrogen and oxygen atoms in total. The molecule has 2 N–H and O–H groups in total. The van der Waals surface area contributed by atoms with Gasteiger partial charge in [-0.05, 0) is 24.5 Å². The topological polar surface area (TPSA) is 115 Å². The number of piperazine rings is 1. The molecule has 0 spiro atoms. The molecule has 3 rings (SSSR count). The standard InChI is InChI=1S/C19H26N4O5/c1-12(2)11-13(21-17(24)15-16(28-15)19(26)27)18(25)23-9-7-22(8-10-23)14-5-3-4-6-20-14/h3-6,12-13,15-16H,7-11H2,1-2H3,(H,21,24)(H,26,27). The molecule has 1 aromatic heterocycles. The molecule has 3 atom stereocenters. The van der Waals surface area contributed by atoms with E-state index in [-0.39, 0.29) is 11.8 Å². The van der Waals surface area contributed by atoms with Crippen LogP contribution in [0.5, 0.6) is 0 Å². The van der Waals surface area contributed by atoms with E-state index in [0.29, 0.717) is 32.6 Å². The highest BCUT2D eigenvalue weighted by atomic mass is 16.6. The van der Waals surface area contributed by atoms with Crippen LogP contribution in [0.2, 0.25) is 0 Å². The van der Waals surface area contributed by atoms with Gasteiger partial charge in [0.1, 0.15) is 11.9 Å². The molecule has 1 aromatic rings. The number of rotatable bonds is 7. The lowest BCUT2D eigenvalue weighted by atomic mass is 10.0. The number of carbonyl (C=O) groups excluding carboxylic acids is 2. The van der Waals surface area contributed by atoms with Crippen molar-refractivity contribution < 1.29 is 24.2 Å². The average Bonchev–Trinajstić information content (AvgIpc) is 3.49. The summed E-state index contributed by atoms with van der Waals surface area (Å²) in [6, 6.07) is 5.04. The number of ether oxygens (including phenoxy) is 1. The first-order valence-electron chi connectivity index (χ1n) is 9.50. The maximum atomic E-state index is 13.0. The van der Waals surface area contributed by atoms with Crippen molar-refractivity contribution in [3.05, 3.63) is 24.4 Å². The van der Waals surface area contributed by atoms with Crippen LogP contribution in [-0.4, -0.2) is 77.2 Å². The maximum Gasteiger partial charge on any atom is 0.336 e. The Hall–Kier alpha value is -2.68. The van der Waals surface area contributed by atoms with Crippen LogP contribution < -0.4 is 10.2 Å². The van der Waals surface area contributed by atoms with Crippen molar-refractivity contribution in [3.8, 4) is 0 Å². The van der Waals surface area contributed by atoms with E-state index in [1.54, 1.807) is 11.1 Å². The molecule has 0 saturated carbocycles. The number of pyridine rings is 1. The van der Waals surface area contributed by atoms with E-state index in [0.717, 1.165) is 5.82 Å². The van der Waals surface area contributed by atoms with E-state index in [1.807, 2.05) is 32.0 Å². The van der Waals surface area contributed by atoms with Crippen molar-refractivity contribution in [3.63, 3.8) is 0 Å². The van der Waals surface area contributed by atoms with Crippen molar-refractivity contribution in [1.82, 2.24) is 15.2 Å². The lowest BCUT2D eigenvalue weighted by Crippen LogP contribution is -2.56.